The van der Waals surface area contributed by atoms with E-state index in [1.807, 2.05) is 24.4 Å². The zero-order valence-corrected chi connectivity index (χ0v) is 6.84. The minimum absolute atomic E-state index is 0.186. The van der Waals surface area contributed by atoms with Crippen LogP contribution in [0.2, 0.25) is 0 Å². The van der Waals surface area contributed by atoms with Crippen molar-refractivity contribution in [2.45, 2.75) is 0 Å². The van der Waals surface area contributed by atoms with Gasteiger partial charge >= 0.3 is 5.97 Å². The van der Waals surface area contributed by atoms with Crippen molar-refractivity contribution in [3.8, 4) is 0 Å². The Labute approximate surface area is 75.2 Å². The van der Waals surface area contributed by atoms with Crippen LogP contribution in [0.4, 0.5) is 0 Å². The molecule has 0 saturated heterocycles. The van der Waals surface area contributed by atoms with E-state index in [-0.39, 0.29) is 5.71 Å². The van der Waals surface area contributed by atoms with Gasteiger partial charge < -0.3 is 10.0 Å². The van der Waals surface area contributed by atoms with Crippen LogP contribution in [0.5, 0.6) is 0 Å². The molecule has 0 radical (unpaired) electrons. The van der Waals surface area contributed by atoms with E-state index < -0.39 is 5.97 Å². The smallest absolute Gasteiger partial charge is 0.352 e. The normalized spacial score (nSPS) is 19.2. The lowest BCUT2D eigenvalue weighted by atomic mass is 10.4. The van der Waals surface area contributed by atoms with Crippen LogP contribution in [0.3, 0.4) is 0 Å². The van der Waals surface area contributed by atoms with Gasteiger partial charge in [-0.25, -0.2) is 9.79 Å². The molecule has 0 unspecified atom stereocenters. The lowest BCUT2D eigenvalue weighted by Crippen LogP contribution is -2.21. The Kier molecular flexibility index (Phi) is 1.73. The molecule has 2 aliphatic rings. The molecule has 0 amide bonds. The van der Waals surface area contributed by atoms with E-state index in [2.05, 4.69) is 4.99 Å². The number of rotatable bonds is 1. The van der Waals surface area contributed by atoms with E-state index in [9.17, 15) is 4.79 Å². The third-order valence-corrected chi connectivity index (χ3v) is 1.84. The van der Waals surface area contributed by atoms with Crippen LogP contribution in [0, 0.1) is 0 Å². The van der Waals surface area contributed by atoms with Gasteiger partial charge in [-0.2, -0.15) is 0 Å². The molecule has 2 heterocycles. The second-order valence-electron chi connectivity index (χ2n) is 2.74. The number of nitrogens with zero attached hydrogens (tertiary/aromatic N) is 2. The Bertz CT molecular complexity index is 364. The molecule has 0 spiro atoms. The molecule has 2 rings (SSSR count). The summed E-state index contributed by atoms with van der Waals surface area (Å²) in [6.45, 7) is 0.347. The Hall–Kier alpha value is -1.84. The fraction of sp³-hybridized carbons (Fsp3) is 0.111. The molecule has 66 valence electrons. The van der Waals surface area contributed by atoms with Gasteiger partial charge in [-0.3, -0.25) is 0 Å². The summed E-state index contributed by atoms with van der Waals surface area (Å²) in [5.74, 6) is -0.270. The van der Waals surface area contributed by atoms with Crippen molar-refractivity contribution < 1.29 is 9.90 Å². The van der Waals surface area contributed by atoms with Gasteiger partial charge in [0.15, 0.2) is 0 Å². The van der Waals surface area contributed by atoms with E-state index in [4.69, 9.17) is 5.11 Å². The summed E-state index contributed by atoms with van der Waals surface area (Å²) in [6, 6.07) is 0. The van der Waals surface area contributed by atoms with Crippen molar-refractivity contribution in [1.29, 1.82) is 0 Å². The maximum Gasteiger partial charge on any atom is 0.352 e. The van der Waals surface area contributed by atoms with Crippen LogP contribution in [0.25, 0.3) is 0 Å². The first-order valence-electron chi connectivity index (χ1n) is 3.90. The lowest BCUT2D eigenvalue weighted by molar-refractivity contribution is -0.129. The van der Waals surface area contributed by atoms with Crippen LogP contribution in [0.15, 0.2) is 41.3 Å². The van der Waals surface area contributed by atoms with E-state index in [1.165, 1.54) is 0 Å². The largest absolute Gasteiger partial charge is 0.477 e. The number of carboxylic acids is 1. The number of aliphatic carboxylic acids is 1. The third kappa shape index (κ3) is 1.38. The Balaban J connectivity index is 2.31. The molecule has 1 N–H and O–H groups in total. The summed E-state index contributed by atoms with van der Waals surface area (Å²) in [5.41, 5.74) is 0.186. The average Bonchev–Trinajstić information content (AvgIpc) is 2.38. The first-order valence-corrected chi connectivity index (χ1v) is 3.90. The highest BCUT2D eigenvalue weighted by Crippen LogP contribution is 2.16. The van der Waals surface area contributed by atoms with Crippen LogP contribution < -0.4 is 0 Å². The summed E-state index contributed by atoms with van der Waals surface area (Å²) in [7, 11) is 0. The maximum absolute atomic E-state index is 10.6. The van der Waals surface area contributed by atoms with Gasteiger partial charge in [-0.15, -0.1) is 0 Å². The lowest BCUT2D eigenvalue weighted by Gasteiger charge is -2.10. The maximum atomic E-state index is 10.6. The summed E-state index contributed by atoms with van der Waals surface area (Å²) >= 11 is 0. The van der Waals surface area contributed by atoms with Gasteiger partial charge in [0.1, 0.15) is 11.5 Å². The zero-order valence-electron chi connectivity index (χ0n) is 6.84. The van der Waals surface area contributed by atoms with Gasteiger partial charge in [0.2, 0.25) is 0 Å². The molecule has 4 nitrogen and oxygen atoms in total. The van der Waals surface area contributed by atoms with Crippen LogP contribution in [0.1, 0.15) is 0 Å². The SMILES string of the molecule is O=C(O)C1=NC2=CC=CC=CN2C1. The van der Waals surface area contributed by atoms with Crippen LogP contribution >= 0.6 is 0 Å². The fourth-order valence-corrected chi connectivity index (χ4v) is 1.22. The van der Waals surface area contributed by atoms with E-state index >= 15 is 0 Å². The van der Waals surface area contributed by atoms with Gasteiger partial charge in [0.05, 0.1) is 6.54 Å². The van der Waals surface area contributed by atoms with Crippen molar-refractivity contribution in [3.05, 3.63) is 36.3 Å². The van der Waals surface area contributed by atoms with E-state index in [0.29, 0.717) is 12.4 Å². The number of allylic oxidation sites excluding steroid dienone is 4. The predicted octanol–water partition coefficient (Wildman–Crippen LogP) is 0.753. The number of hydrogen-bond acceptors (Lipinski definition) is 3. The number of carbonyl (C=O) groups is 1. The summed E-state index contributed by atoms with van der Waals surface area (Å²) in [5, 5.41) is 8.70. The van der Waals surface area contributed by atoms with Gasteiger partial charge in [0, 0.05) is 6.20 Å². The summed E-state index contributed by atoms with van der Waals surface area (Å²) in [4.78, 5) is 16.4. The molecular formula is C9H8N2O2. The van der Waals surface area contributed by atoms with Crippen molar-refractivity contribution >= 4 is 11.7 Å². The Morgan fingerprint density at radius 1 is 1.46 bits per heavy atom. The minimum Gasteiger partial charge on any atom is -0.477 e. The van der Waals surface area contributed by atoms with Gasteiger partial charge in [-0.05, 0) is 12.2 Å². The van der Waals surface area contributed by atoms with Crippen molar-refractivity contribution in [3.63, 3.8) is 0 Å². The molecule has 0 aromatic rings. The van der Waals surface area contributed by atoms with Gasteiger partial charge in [0.25, 0.3) is 0 Å². The quantitative estimate of drug-likeness (QED) is 0.641. The van der Waals surface area contributed by atoms with Gasteiger partial charge in [-0.1, -0.05) is 12.2 Å². The van der Waals surface area contributed by atoms with E-state index in [1.54, 1.807) is 11.0 Å². The van der Waals surface area contributed by atoms with Crippen molar-refractivity contribution in [2.75, 3.05) is 6.54 Å². The second kappa shape index (κ2) is 2.90. The molecule has 0 aliphatic carbocycles. The molecule has 0 saturated carbocycles. The van der Waals surface area contributed by atoms with E-state index in [0.717, 1.165) is 0 Å². The Morgan fingerprint density at radius 3 is 3.08 bits per heavy atom. The first-order chi connectivity index (χ1) is 6.27. The second-order valence-corrected chi connectivity index (χ2v) is 2.74. The monoisotopic (exact) mass is 176 g/mol. The standard InChI is InChI=1S/C9H8N2O2/c12-9(13)7-6-11-5-3-1-2-4-8(11)10-7/h1-5H,6H2,(H,12,13). The Morgan fingerprint density at radius 2 is 2.31 bits per heavy atom. The van der Waals surface area contributed by atoms with Crippen molar-refractivity contribution in [1.82, 2.24) is 4.90 Å². The fourth-order valence-electron chi connectivity index (χ4n) is 1.22. The first kappa shape index (κ1) is 7.79. The molecule has 4 heteroatoms. The topological polar surface area (TPSA) is 52.9 Å². The molecule has 13 heavy (non-hydrogen) atoms. The molecular weight excluding hydrogens is 168 g/mol. The number of aliphatic imine (C=N–C) groups is 1. The molecule has 0 aromatic carbocycles. The minimum atomic E-state index is -0.952. The van der Waals surface area contributed by atoms with Crippen LogP contribution in [-0.4, -0.2) is 28.2 Å². The average molecular weight is 176 g/mol. The molecule has 2 aliphatic heterocycles. The zero-order chi connectivity index (χ0) is 9.26. The molecule has 0 fully saturated rings. The highest BCUT2D eigenvalue weighted by molar-refractivity contribution is 6.37. The van der Waals surface area contributed by atoms with Crippen molar-refractivity contribution in [2.24, 2.45) is 4.99 Å². The third-order valence-electron chi connectivity index (χ3n) is 1.84. The number of hydrogen-bond donors (Lipinski definition) is 1. The number of fused-ring (bicyclic) bond motifs is 1. The number of carboxylic acid groups (broad SMARTS) is 1. The molecule has 0 bridgehead atoms. The molecule has 0 atom stereocenters. The summed E-state index contributed by atoms with van der Waals surface area (Å²) in [6.07, 6.45) is 9.16. The van der Waals surface area contributed by atoms with Crippen LogP contribution in [-0.2, 0) is 4.79 Å². The summed E-state index contributed by atoms with van der Waals surface area (Å²) < 4.78 is 0. The molecule has 0 aromatic heterocycles. The highest BCUT2D eigenvalue weighted by atomic mass is 16.4. The predicted molar refractivity (Wildman–Crippen MR) is 48.1 cm³/mol. The highest BCUT2D eigenvalue weighted by Gasteiger charge is 2.22.